The van der Waals surface area contributed by atoms with Gasteiger partial charge in [0.2, 0.25) is 0 Å². The maximum absolute atomic E-state index is 13.7. The van der Waals surface area contributed by atoms with E-state index < -0.39 is 0 Å². The number of hydrogen-bond donors (Lipinski definition) is 1. The van der Waals surface area contributed by atoms with E-state index in [0.29, 0.717) is 10.2 Å². The molecule has 1 heterocycles. The van der Waals surface area contributed by atoms with Crippen molar-refractivity contribution in [1.82, 2.24) is 5.32 Å². The molecule has 0 amide bonds. The normalized spacial score (nSPS) is 12.7. The third kappa shape index (κ3) is 2.03. The molecule has 0 saturated heterocycles. The Labute approximate surface area is 102 Å². The predicted molar refractivity (Wildman–Crippen MR) is 63.7 cm³/mol. The van der Waals surface area contributed by atoms with Crippen LogP contribution < -0.4 is 5.32 Å². The average molecular weight is 284 g/mol. The second-order valence-corrected chi connectivity index (χ2v) is 4.11. The van der Waals surface area contributed by atoms with Crippen LogP contribution in [0.4, 0.5) is 4.39 Å². The van der Waals surface area contributed by atoms with Gasteiger partial charge < -0.3 is 9.73 Å². The van der Waals surface area contributed by atoms with Crippen molar-refractivity contribution in [2.24, 2.45) is 0 Å². The lowest BCUT2D eigenvalue weighted by Gasteiger charge is -2.16. The Morgan fingerprint density at radius 2 is 2.00 bits per heavy atom. The molecule has 0 aliphatic rings. The second kappa shape index (κ2) is 4.80. The first-order valence-electron chi connectivity index (χ1n) is 4.88. The Bertz CT molecular complexity index is 483. The van der Waals surface area contributed by atoms with Gasteiger partial charge in [-0.1, -0.05) is 18.2 Å². The van der Waals surface area contributed by atoms with Gasteiger partial charge in [0, 0.05) is 11.1 Å². The Kier molecular flexibility index (Phi) is 3.41. The van der Waals surface area contributed by atoms with Crippen LogP contribution in [-0.4, -0.2) is 7.05 Å². The fourth-order valence-corrected chi connectivity index (χ4v) is 2.17. The van der Waals surface area contributed by atoms with Gasteiger partial charge in [0.05, 0.1) is 12.3 Å². The molecule has 2 rings (SSSR count). The van der Waals surface area contributed by atoms with Gasteiger partial charge in [-0.2, -0.15) is 0 Å². The Morgan fingerprint density at radius 1 is 1.25 bits per heavy atom. The summed E-state index contributed by atoms with van der Waals surface area (Å²) in [5.74, 6) is -0.227. The van der Waals surface area contributed by atoms with E-state index in [4.69, 9.17) is 4.42 Å². The molecule has 0 fully saturated rings. The zero-order valence-electron chi connectivity index (χ0n) is 8.71. The van der Waals surface area contributed by atoms with Crippen LogP contribution in [0.15, 0.2) is 45.7 Å². The molecule has 0 aliphatic carbocycles. The van der Waals surface area contributed by atoms with Crippen molar-refractivity contribution < 1.29 is 8.81 Å². The molecule has 16 heavy (non-hydrogen) atoms. The lowest BCUT2D eigenvalue weighted by molar-refractivity contribution is 0.525. The first-order valence-corrected chi connectivity index (χ1v) is 5.68. The van der Waals surface area contributed by atoms with Crippen LogP contribution in [-0.2, 0) is 0 Å². The van der Waals surface area contributed by atoms with Crippen LogP contribution in [0.1, 0.15) is 17.2 Å². The average Bonchev–Trinajstić information content (AvgIpc) is 2.69. The zero-order chi connectivity index (χ0) is 11.5. The van der Waals surface area contributed by atoms with Crippen LogP contribution in [0.2, 0.25) is 0 Å². The van der Waals surface area contributed by atoms with E-state index in [1.165, 1.54) is 6.07 Å². The predicted octanol–water partition coefficient (Wildman–Crippen LogP) is 3.49. The Hall–Kier alpha value is -1.13. The third-order valence-electron chi connectivity index (χ3n) is 2.46. The summed E-state index contributed by atoms with van der Waals surface area (Å²) in [7, 11) is 1.79. The molecule has 0 bridgehead atoms. The molecule has 1 atom stereocenters. The Morgan fingerprint density at radius 3 is 2.56 bits per heavy atom. The first kappa shape index (κ1) is 11.4. The topological polar surface area (TPSA) is 25.2 Å². The van der Waals surface area contributed by atoms with Gasteiger partial charge in [-0.15, -0.1) is 0 Å². The van der Waals surface area contributed by atoms with E-state index in [0.717, 1.165) is 5.56 Å². The SMILES string of the molecule is CNC(c1ccccc1F)c1ccoc1Br. The molecule has 2 aromatic rings. The zero-order valence-corrected chi connectivity index (χ0v) is 10.3. The van der Waals surface area contributed by atoms with Gasteiger partial charge >= 0.3 is 0 Å². The fraction of sp³-hybridized carbons (Fsp3) is 0.167. The fourth-order valence-electron chi connectivity index (χ4n) is 1.70. The van der Waals surface area contributed by atoms with Gasteiger partial charge in [-0.3, -0.25) is 0 Å². The van der Waals surface area contributed by atoms with Crippen LogP contribution in [0.25, 0.3) is 0 Å². The van der Waals surface area contributed by atoms with Crippen molar-refractivity contribution in [3.63, 3.8) is 0 Å². The van der Waals surface area contributed by atoms with E-state index in [1.807, 2.05) is 12.1 Å². The number of benzene rings is 1. The molecule has 0 saturated carbocycles. The van der Waals surface area contributed by atoms with Crippen molar-refractivity contribution in [2.45, 2.75) is 6.04 Å². The number of nitrogens with one attached hydrogen (secondary N) is 1. The maximum atomic E-state index is 13.7. The molecule has 84 valence electrons. The van der Waals surface area contributed by atoms with Crippen molar-refractivity contribution >= 4 is 15.9 Å². The summed E-state index contributed by atoms with van der Waals surface area (Å²) in [6.45, 7) is 0. The van der Waals surface area contributed by atoms with Gasteiger partial charge in [0.25, 0.3) is 0 Å². The molecule has 2 nitrogen and oxygen atoms in total. The summed E-state index contributed by atoms with van der Waals surface area (Å²) in [6.07, 6.45) is 1.57. The van der Waals surface area contributed by atoms with Gasteiger partial charge in [0.1, 0.15) is 5.82 Å². The van der Waals surface area contributed by atoms with Gasteiger partial charge in [-0.25, -0.2) is 4.39 Å². The summed E-state index contributed by atoms with van der Waals surface area (Å²) >= 11 is 3.30. The molecule has 1 N–H and O–H groups in total. The molecule has 1 aromatic heterocycles. The number of furan rings is 1. The highest BCUT2D eigenvalue weighted by Crippen LogP contribution is 2.30. The highest BCUT2D eigenvalue weighted by atomic mass is 79.9. The van der Waals surface area contributed by atoms with Crippen LogP contribution in [0, 0.1) is 5.82 Å². The molecule has 0 spiro atoms. The largest absolute Gasteiger partial charge is 0.457 e. The van der Waals surface area contributed by atoms with Crippen molar-refractivity contribution in [3.05, 3.63) is 58.2 Å². The van der Waals surface area contributed by atoms with E-state index in [1.54, 1.807) is 25.4 Å². The summed E-state index contributed by atoms with van der Waals surface area (Å²) in [6, 6.07) is 8.31. The second-order valence-electron chi connectivity index (χ2n) is 3.39. The van der Waals surface area contributed by atoms with Crippen LogP contribution >= 0.6 is 15.9 Å². The van der Waals surface area contributed by atoms with E-state index in [9.17, 15) is 4.39 Å². The van der Waals surface area contributed by atoms with Gasteiger partial charge in [0.15, 0.2) is 4.67 Å². The monoisotopic (exact) mass is 283 g/mol. The molecule has 1 aromatic carbocycles. The minimum atomic E-state index is -0.227. The standard InChI is InChI=1S/C12H11BrFNO/c1-15-11(9-6-7-16-12(9)13)8-4-2-3-5-10(8)14/h2-7,11,15H,1H3. The molecule has 1 unspecified atom stereocenters. The summed E-state index contributed by atoms with van der Waals surface area (Å²) in [5.41, 5.74) is 1.49. The molecular weight excluding hydrogens is 273 g/mol. The van der Waals surface area contributed by atoms with E-state index >= 15 is 0 Å². The maximum Gasteiger partial charge on any atom is 0.174 e. The molecule has 0 aliphatic heterocycles. The quantitative estimate of drug-likeness (QED) is 0.933. The smallest absolute Gasteiger partial charge is 0.174 e. The summed E-state index contributed by atoms with van der Waals surface area (Å²) in [4.78, 5) is 0. The highest BCUT2D eigenvalue weighted by molar-refractivity contribution is 9.10. The molecule has 4 heteroatoms. The van der Waals surface area contributed by atoms with Crippen molar-refractivity contribution in [1.29, 1.82) is 0 Å². The van der Waals surface area contributed by atoms with Crippen LogP contribution in [0.3, 0.4) is 0 Å². The van der Waals surface area contributed by atoms with Crippen LogP contribution in [0.5, 0.6) is 0 Å². The number of hydrogen-bond acceptors (Lipinski definition) is 2. The summed E-state index contributed by atoms with van der Waals surface area (Å²) in [5, 5.41) is 3.07. The highest BCUT2D eigenvalue weighted by Gasteiger charge is 2.19. The minimum Gasteiger partial charge on any atom is -0.457 e. The Balaban J connectivity index is 2.45. The lowest BCUT2D eigenvalue weighted by atomic mass is 10.0. The van der Waals surface area contributed by atoms with E-state index in [2.05, 4.69) is 21.2 Å². The van der Waals surface area contributed by atoms with Crippen molar-refractivity contribution in [3.8, 4) is 0 Å². The van der Waals surface area contributed by atoms with E-state index in [-0.39, 0.29) is 11.9 Å². The number of halogens is 2. The molecule has 0 radical (unpaired) electrons. The molecular formula is C12H11BrFNO. The minimum absolute atomic E-state index is 0.214. The first-order chi connectivity index (χ1) is 7.74. The lowest BCUT2D eigenvalue weighted by Crippen LogP contribution is -2.18. The van der Waals surface area contributed by atoms with Crippen molar-refractivity contribution in [2.75, 3.05) is 7.05 Å². The van der Waals surface area contributed by atoms with Gasteiger partial charge in [-0.05, 0) is 35.1 Å². The summed E-state index contributed by atoms with van der Waals surface area (Å²) < 4.78 is 19.4. The number of rotatable bonds is 3. The third-order valence-corrected chi connectivity index (χ3v) is 3.11.